The van der Waals surface area contributed by atoms with E-state index in [0.29, 0.717) is 0 Å². The maximum atomic E-state index is 6.34. The van der Waals surface area contributed by atoms with Crippen LogP contribution >= 0.6 is 0 Å². The van der Waals surface area contributed by atoms with Crippen LogP contribution in [0.5, 0.6) is 0 Å². The standard InChI is InChI=1S/C15H18N2/c1-9-7-10(2)15-12(8-9)14(16)11-5-3-4-6-13(11)17-15/h7-8H,3-6H2,1-2H3,(H2,16,17). The summed E-state index contributed by atoms with van der Waals surface area (Å²) < 4.78 is 0. The molecule has 2 nitrogen and oxygen atoms in total. The fraction of sp³-hybridized carbons (Fsp3) is 0.400. The van der Waals surface area contributed by atoms with Gasteiger partial charge in [-0.2, -0.15) is 0 Å². The van der Waals surface area contributed by atoms with Gasteiger partial charge in [-0.05, 0) is 56.7 Å². The molecule has 0 fully saturated rings. The highest BCUT2D eigenvalue weighted by Crippen LogP contribution is 2.32. The van der Waals surface area contributed by atoms with E-state index in [4.69, 9.17) is 10.7 Å². The lowest BCUT2D eigenvalue weighted by Gasteiger charge is -2.19. The number of hydrogen-bond donors (Lipinski definition) is 1. The normalized spacial score (nSPS) is 14.9. The van der Waals surface area contributed by atoms with Gasteiger partial charge in [-0.1, -0.05) is 11.6 Å². The Morgan fingerprint density at radius 1 is 1.12 bits per heavy atom. The topological polar surface area (TPSA) is 38.9 Å². The summed E-state index contributed by atoms with van der Waals surface area (Å²) in [6.45, 7) is 4.24. The molecule has 0 aliphatic heterocycles. The summed E-state index contributed by atoms with van der Waals surface area (Å²) in [5, 5.41) is 1.14. The van der Waals surface area contributed by atoms with E-state index in [9.17, 15) is 0 Å². The van der Waals surface area contributed by atoms with Crippen molar-refractivity contribution >= 4 is 16.6 Å². The molecule has 0 bridgehead atoms. The van der Waals surface area contributed by atoms with Crippen molar-refractivity contribution in [1.29, 1.82) is 0 Å². The molecule has 0 spiro atoms. The second-order valence-corrected chi connectivity index (χ2v) is 5.14. The van der Waals surface area contributed by atoms with Crippen LogP contribution in [0.2, 0.25) is 0 Å². The Morgan fingerprint density at radius 2 is 1.88 bits per heavy atom. The number of fused-ring (bicyclic) bond motifs is 2. The van der Waals surface area contributed by atoms with Crippen LogP contribution in [0.15, 0.2) is 12.1 Å². The summed E-state index contributed by atoms with van der Waals surface area (Å²) in [6.07, 6.45) is 4.67. The van der Waals surface area contributed by atoms with Gasteiger partial charge in [0.1, 0.15) is 0 Å². The molecule has 3 rings (SSSR count). The van der Waals surface area contributed by atoms with Crippen LogP contribution in [0, 0.1) is 13.8 Å². The van der Waals surface area contributed by atoms with E-state index >= 15 is 0 Å². The molecule has 1 aromatic heterocycles. The van der Waals surface area contributed by atoms with Crippen molar-refractivity contribution in [2.45, 2.75) is 39.5 Å². The number of nitrogens with two attached hydrogens (primary N) is 1. The summed E-state index contributed by atoms with van der Waals surface area (Å²) in [5.74, 6) is 0. The quantitative estimate of drug-likeness (QED) is 0.748. The maximum absolute atomic E-state index is 6.34. The molecule has 1 heterocycles. The molecule has 2 N–H and O–H groups in total. The number of benzene rings is 1. The molecule has 2 heteroatoms. The largest absolute Gasteiger partial charge is 0.398 e. The second kappa shape index (κ2) is 3.73. The minimum absolute atomic E-state index is 0.969. The number of rotatable bonds is 0. The lowest BCUT2D eigenvalue weighted by molar-refractivity contribution is 0.673. The molecule has 0 unspecified atom stereocenters. The van der Waals surface area contributed by atoms with Crippen molar-refractivity contribution < 1.29 is 0 Å². The van der Waals surface area contributed by atoms with Crippen molar-refractivity contribution in [1.82, 2.24) is 4.98 Å². The predicted molar refractivity (Wildman–Crippen MR) is 72.3 cm³/mol. The lowest BCUT2D eigenvalue weighted by Crippen LogP contribution is -2.10. The molecule has 0 saturated carbocycles. The van der Waals surface area contributed by atoms with Crippen LogP contribution in [0.3, 0.4) is 0 Å². The third-order valence-corrected chi connectivity index (χ3v) is 3.75. The van der Waals surface area contributed by atoms with E-state index in [1.165, 1.54) is 35.2 Å². The number of hydrogen-bond acceptors (Lipinski definition) is 2. The van der Waals surface area contributed by atoms with Gasteiger partial charge in [0.25, 0.3) is 0 Å². The highest BCUT2D eigenvalue weighted by Gasteiger charge is 2.17. The van der Waals surface area contributed by atoms with Gasteiger partial charge in [-0.3, -0.25) is 4.98 Å². The second-order valence-electron chi connectivity index (χ2n) is 5.14. The number of anilines is 1. The molecule has 88 valence electrons. The SMILES string of the molecule is Cc1cc(C)c2nc3c(c(N)c2c1)CCCC3. The molecule has 1 aliphatic carbocycles. The zero-order chi connectivity index (χ0) is 12.0. The van der Waals surface area contributed by atoms with E-state index in [2.05, 4.69) is 26.0 Å². The first-order valence-electron chi connectivity index (χ1n) is 6.35. The van der Waals surface area contributed by atoms with Crippen LogP contribution in [0.1, 0.15) is 35.2 Å². The van der Waals surface area contributed by atoms with Crippen molar-refractivity contribution in [3.05, 3.63) is 34.5 Å². The molecule has 1 aliphatic rings. The molecule has 0 atom stereocenters. The molecule has 2 aromatic rings. The molecule has 17 heavy (non-hydrogen) atoms. The van der Waals surface area contributed by atoms with Gasteiger partial charge in [-0.25, -0.2) is 0 Å². The van der Waals surface area contributed by atoms with Gasteiger partial charge in [-0.15, -0.1) is 0 Å². The van der Waals surface area contributed by atoms with Gasteiger partial charge in [0.2, 0.25) is 0 Å². The highest BCUT2D eigenvalue weighted by molar-refractivity contribution is 5.94. The van der Waals surface area contributed by atoms with Crippen LogP contribution in [-0.2, 0) is 12.8 Å². The summed E-state index contributed by atoms with van der Waals surface area (Å²) in [6, 6.07) is 4.35. The van der Waals surface area contributed by atoms with Crippen molar-refractivity contribution in [2.24, 2.45) is 0 Å². The number of nitrogen functional groups attached to an aromatic ring is 1. The third kappa shape index (κ3) is 1.59. The number of aryl methyl sites for hydroxylation is 3. The zero-order valence-corrected chi connectivity index (χ0v) is 10.5. The monoisotopic (exact) mass is 226 g/mol. The zero-order valence-electron chi connectivity index (χ0n) is 10.5. The van der Waals surface area contributed by atoms with Crippen LogP contribution < -0.4 is 5.73 Å². The molecular formula is C15H18N2. The van der Waals surface area contributed by atoms with Crippen LogP contribution in [0.4, 0.5) is 5.69 Å². The average molecular weight is 226 g/mol. The minimum atomic E-state index is 0.969. The third-order valence-electron chi connectivity index (χ3n) is 3.75. The Morgan fingerprint density at radius 3 is 2.71 bits per heavy atom. The number of nitrogens with zero attached hydrogens (tertiary/aromatic N) is 1. The first-order chi connectivity index (χ1) is 8.16. The average Bonchev–Trinajstić information content (AvgIpc) is 2.31. The molecule has 0 radical (unpaired) electrons. The first-order valence-corrected chi connectivity index (χ1v) is 6.35. The van der Waals surface area contributed by atoms with Crippen molar-refractivity contribution in [3.8, 4) is 0 Å². The Hall–Kier alpha value is -1.57. The summed E-state index contributed by atoms with van der Waals surface area (Å²) in [7, 11) is 0. The molecule has 1 aromatic carbocycles. The van der Waals surface area contributed by atoms with Gasteiger partial charge in [0.05, 0.1) is 5.52 Å². The van der Waals surface area contributed by atoms with Gasteiger partial charge >= 0.3 is 0 Å². The van der Waals surface area contributed by atoms with Gasteiger partial charge < -0.3 is 5.73 Å². The summed E-state index contributed by atoms with van der Waals surface area (Å²) in [4.78, 5) is 4.84. The predicted octanol–water partition coefficient (Wildman–Crippen LogP) is 3.31. The highest BCUT2D eigenvalue weighted by atomic mass is 14.7. The fourth-order valence-electron chi connectivity index (χ4n) is 2.91. The Balaban J connectivity index is 2.40. The van der Waals surface area contributed by atoms with E-state index in [0.717, 1.165) is 29.4 Å². The number of pyridine rings is 1. The molecular weight excluding hydrogens is 208 g/mol. The van der Waals surface area contributed by atoms with Crippen molar-refractivity contribution in [3.63, 3.8) is 0 Å². The Labute approximate surface area is 102 Å². The van der Waals surface area contributed by atoms with Crippen LogP contribution in [0.25, 0.3) is 10.9 Å². The Bertz CT molecular complexity index is 600. The van der Waals surface area contributed by atoms with E-state index in [1.54, 1.807) is 0 Å². The molecule has 0 saturated heterocycles. The lowest BCUT2D eigenvalue weighted by atomic mass is 9.92. The van der Waals surface area contributed by atoms with Gasteiger partial charge in [0.15, 0.2) is 0 Å². The van der Waals surface area contributed by atoms with E-state index in [1.807, 2.05) is 0 Å². The van der Waals surface area contributed by atoms with Gasteiger partial charge in [0, 0.05) is 16.8 Å². The minimum Gasteiger partial charge on any atom is -0.398 e. The number of aromatic nitrogens is 1. The van der Waals surface area contributed by atoms with Crippen LogP contribution in [-0.4, -0.2) is 4.98 Å². The smallest absolute Gasteiger partial charge is 0.0755 e. The van der Waals surface area contributed by atoms with E-state index < -0.39 is 0 Å². The Kier molecular flexibility index (Phi) is 2.32. The molecule has 0 amide bonds. The van der Waals surface area contributed by atoms with Crippen molar-refractivity contribution in [2.75, 3.05) is 5.73 Å². The first kappa shape index (κ1) is 10.6. The summed E-state index contributed by atoms with van der Waals surface area (Å²) in [5.41, 5.74) is 13.4. The summed E-state index contributed by atoms with van der Waals surface area (Å²) >= 11 is 0. The van der Waals surface area contributed by atoms with E-state index in [-0.39, 0.29) is 0 Å². The fourth-order valence-corrected chi connectivity index (χ4v) is 2.91. The maximum Gasteiger partial charge on any atom is 0.0755 e.